The van der Waals surface area contributed by atoms with Gasteiger partial charge in [0.05, 0.1) is 11.4 Å². The Bertz CT molecular complexity index is 1090. The summed E-state index contributed by atoms with van der Waals surface area (Å²) in [5.74, 6) is 2.18. The van der Waals surface area contributed by atoms with E-state index in [2.05, 4.69) is 105 Å². The van der Waals surface area contributed by atoms with Crippen molar-refractivity contribution in [3.63, 3.8) is 0 Å². The van der Waals surface area contributed by atoms with Crippen molar-refractivity contribution >= 4 is 17.2 Å². The van der Waals surface area contributed by atoms with Crippen LogP contribution in [-0.2, 0) is 0 Å². The van der Waals surface area contributed by atoms with Gasteiger partial charge in [0.2, 0.25) is 0 Å². The van der Waals surface area contributed by atoms with Crippen LogP contribution in [0.2, 0.25) is 0 Å². The Morgan fingerprint density at radius 3 is 2.15 bits per heavy atom. The molecule has 0 saturated carbocycles. The summed E-state index contributed by atoms with van der Waals surface area (Å²) >= 11 is 0. The van der Waals surface area contributed by atoms with Gasteiger partial charge in [-0.15, -0.1) is 0 Å². The van der Waals surface area contributed by atoms with Gasteiger partial charge in [-0.05, 0) is 62.4 Å². The number of para-hydroxylation sites is 1. The molecule has 0 radical (unpaired) electrons. The minimum Gasteiger partial charge on any atom is -0.345 e. The van der Waals surface area contributed by atoms with Crippen molar-refractivity contribution in [2.75, 3.05) is 9.80 Å². The highest BCUT2D eigenvalue weighted by Crippen LogP contribution is 2.54. The monoisotopic (exact) mass is 457 g/mol. The number of anilines is 3. The number of nitrogens with zero attached hydrogens (tertiary/aromatic N) is 3. The SMILES string of the molecule is CC.CC.CCC1C(C)c2ccccc2N2c3nc(-c4ccccc4C)ccc3N(C(C)C)C12. The summed E-state index contributed by atoms with van der Waals surface area (Å²) in [5.41, 5.74) is 7.55. The Morgan fingerprint density at radius 1 is 0.853 bits per heavy atom. The largest absolute Gasteiger partial charge is 0.345 e. The highest BCUT2D eigenvalue weighted by molar-refractivity contribution is 5.85. The second-order valence-corrected chi connectivity index (χ2v) is 9.06. The van der Waals surface area contributed by atoms with Crippen molar-refractivity contribution in [3.8, 4) is 11.3 Å². The third kappa shape index (κ3) is 4.21. The van der Waals surface area contributed by atoms with Gasteiger partial charge in [0.1, 0.15) is 6.17 Å². The number of aromatic nitrogens is 1. The molecule has 0 spiro atoms. The molecule has 0 bridgehead atoms. The molecule has 0 N–H and O–H groups in total. The van der Waals surface area contributed by atoms with Crippen molar-refractivity contribution in [1.82, 2.24) is 4.98 Å². The van der Waals surface area contributed by atoms with E-state index in [0.717, 1.165) is 17.9 Å². The molecule has 3 unspecified atom stereocenters. The van der Waals surface area contributed by atoms with Gasteiger partial charge in [0.15, 0.2) is 5.82 Å². The van der Waals surface area contributed by atoms with E-state index in [1.165, 1.54) is 28.1 Å². The normalized spacial score (nSPS) is 19.9. The van der Waals surface area contributed by atoms with E-state index in [0.29, 0.717) is 24.0 Å². The molecule has 0 aliphatic carbocycles. The van der Waals surface area contributed by atoms with Crippen LogP contribution in [0.4, 0.5) is 17.2 Å². The van der Waals surface area contributed by atoms with E-state index in [1.54, 1.807) is 0 Å². The van der Waals surface area contributed by atoms with Gasteiger partial charge in [-0.3, -0.25) is 0 Å². The van der Waals surface area contributed by atoms with Crippen molar-refractivity contribution < 1.29 is 0 Å². The number of benzene rings is 2. The van der Waals surface area contributed by atoms with Gasteiger partial charge in [-0.2, -0.15) is 0 Å². The molecule has 0 fully saturated rings. The summed E-state index contributed by atoms with van der Waals surface area (Å²) in [6.07, 6.45) is 1.47. The third-order valence-corrected chi connectivity index (χ3v) is 7.07. The minimum atomic E-state index is 0.314. The first kappa shape index (κ1) is 25.8. The molecule has 3 aromatic rings. The molecule has 2 aromatic carbocycles. The highest BCUT2D eigenvalue weighted by Gasteiger charge is 2.48. The molecule has 3 heterocycles. The van der Waals surface area contributed by atoms with E-state index in [1.807, 2.05) is 27.7 Å². The van der Waals surface area contributed by atoms with Crippen LogP contribution >= 0.6 is 0 Å². The van der Waals surface area contributed by atoms with Gasteiger partial charge in [0, 0.05) is 23.2 Å². The van der Waals surface area contributed by atoms with Crippen LogP contribution in [0.25, 0.3) is 11.3 Å². The Kier molecular flexibility index (Phi) is 8.41. The molecule has 2 aliphatic heterocycles. The lowest BCUT2D eigenvalue weighted by Gasteiger charge is -2.47. The number of hydrogen-bond donors (Lipinski definition) is 0. The Hall–Kier alpha value is -2.81. The first-order valence-electron chi connectivity index (χ1n) is 13.3. The van der Waals surface area contributed by atoms with E-state index in [4.69, 9.17) is 4.98 Å². The number of aryl methyl sites for hydroxylation is 1. The van der Waals surface area contributed by atoms with Crippen molar-refractivity contribution in [2.24, 2.45) is 5.92 Å². The Morgan fingerprint density at radius 2 is 1.50 bits per heavy atom. The van der Waals surface area contributed by atoms with Crippen LogP contribution in [-0.4, -0.2) is 17.2 Å². The van der Waals surface area contributed by atoms with E-state index >= 15 is 0 Å². The van der Waals surface area contributed by atoms with Crippen molar-refractivity contribution in [1.29, 1.82) is 0 Å². The summed E-state index contributed by atoms with van der Waals surface area (Å²) in [5, 5.41) is 0. The van der Waals surface area contributed by atoms with Gasteiger partial charge in [0.25, 0.3) is 0 Å². The molecule has 34 heavy (non-hydrogen) atoms. The summed E-state index contributed by atoms with van der Waals surface area (Å²) in [6, 6.07) is 22.4. The van der Waals surface area contributed by atoms with Crippen LogP contribution in [0.3, 0.4) is 0 Å². The second-order valence-electron chi connectivity index (χ2n) is 9.06. The maximum absolute atomic E-state index is 5.28. The highest BCUT2D eigenvalue weighted by atomic mass is 15.5. The predicted molar refractivity (Wildman–Crippen MR) is 149 cm³/mol. The fraction of sp³-hybridized carbons (Fsp3) is 0.452. The van der Waals surface area contributed by atoms with Crippen LogP contribution in [0.5, 0.6) is 0 Å². The predicted octanol–water partition coefficient (Wildman–Crippen LogP) is 8.95. The summed E-state index contributed by atoms with van der Waals surface area (Å²) in [4.78, 5) is 10.4. The molecular formula is C31H43N3. The number of rotatable bonds is 3. The molecule has 2 aliphatic rings. The van der Waals surface area contributed by atoms with E-state index in [-0.39, 0.29) is 0 Å². The molecule has 182 valence electrons. The van der Waals surface area contributed by atoms with Crippen LogP contribution < -0.4 is 9.80 Å². The molecule has 5 rings (SSSR count). The lowest BCUT2D eigenvalue weighted by atomic mass is 9.78. The first-order valence-corrected chi connectivity index (χ1v) is 13.3. The summed E-state index contributed by atoms with van der Waals surface area (Å²) < 4.78 is 0. The zero-order valence-electron chi connectivity index (χ0n) is 22.6. The van der Waals surface area contributed by atoms with Gasteiger partial charge < -0.3 is 9.80 Å². The average Bonchev–Trinajstić information content (AvgIpc) is 3.22. The van der Waals surface area contributed by atoms with Crippen LogP contribution in [0.15, 0.2) is 60.7 Å². The van der Waals surface area contributed by atoms with Gasteiger partial charge in [-0.25, -0.2) is 4.98 Å². The third-order valence-electron chi connectivity index (χ3n) is 7.07. The zero-order valence-corrected chi connectivity index (χ0v) is 22.6. The van der Waals surface area contributed by atoms with E-state index < -0.39 is 0 Å². The minimum absolute atomic E-state index is 0.314. The second kappa shape index (κ2) is 11.1. The van der Waals surface area contributed by atoms with Crippen LogP contribution in [0, 0.1) is 12.8 Å². The lowest BCUT2D eigenvalue weighted by molar-refractivity contribution is 0.322. The molecule has 1 aromatic heterocycles. The van der Waals surface area contributed by atoms with Crippen molar-refractivity contribution in [2.45, 2.75) is 86.9 Å². The van der Waals surface area contributed by atoms with E-state index in [9.17, 15) is 0 Å². The zero-order chi connectivity index (χ0) is 25.0. The molecular weight excluding hydrogens is 414 g/mol. The smallest absolute Gasteiger partial charge is 0.159 e. The van der Waals surface area contributed by atoms with Gasteiger partial charge >= 0.3 is 0 Å². The quantitative estimate of drug-likeness (QED) is 0.391. The molecule has 0 saturated heterocycles. The molecule has 3 heteroatoms. The maximum atomic E-state index is 5.28. The standard InChI is InChI=1S/C27H31N3.2C2H6/c1-6-20-19(5)22-13-9-10-14-24(22)30-26-25(29(17(2)3)27(20)30)16-15-23(28-26)21-12-8-7-11-18(21)4;2*1-2/h7-17,19-20,27H,6H2,1-5H3;2*1-2H3. The molecule has 0 amide bonds. The number of pyridine rings is 1. The fourth-order valence-electron chi connectivity index (χ4n) is 5.61. The van der Waals surface area contributed by atoms with Crippen molar-refractivity contribution in [3.05, 3.63) is 71.8 Å². The fourth-order valence-corrected chi connectivity index (χ4v) is 5.61. The lowest BCUT2D eigenvalue weighted by Crippen LogP contribution is -2.53. The molecule has 3 nitrogen and oxygen atoms in total. The Labute approximate surface area is 207 Å². The number of fused-ring (bicyclic) bond motifs is 5. The topological polar surface area (TPSA) is 19.4 Å². The Balaban J connectivity index is 0.000000771. The summed E-state index contributed by atoms with van der Waals surface area (Å²) in [7, 11) is 0. The average molecular weight is 458 g/mol. The number of hydrogen-bond acceptors (Lipinski definition) is 3. The van der Waals surface area contributed by atoms with Gasteiger partial charge in [-0.1, -0.05) is 84.0 Å². The maximum Gasteiger partial charge on any atom is 0.159 e. The first-order chi connectivity index (χ1) is 16.5. The van der Waals surface area contributed by atoms with Crippen LogP contribution in [0.1, 0.15) is 78.9 Å². The summed E-state index contributed by atoms with van der Waals surface area (Å²) in [6.45, 7) is 19.5. The molecule has 3 atom stereocenters.